The van der Waals surface area contributed by atoms with Gasteiger partial charge in [0.05, 0.1) is 4.90 Å². The van der Waals surface area contributed by atoms with Crippen LogP contribution in [0.5, 0.6) is 0 Å². The van der Waals surface area contributed by atoms with Crippen LogP contribution in [0.15, 0.2) is 33.6 Å². The van der Waals surface area contributed by atoms with Gasteiger partial charge in [-0.1, -0.05) is 22.0 Å². The minimum atomic E-state index is -3.58. The molecule has 0 unspecified atom stereocenters. The Labute approximate surface area is 139 Å². The first kappa shape index (κ1) is 20.3. The summed E-state index contributed by atoms with van der Waals surface area (Å²) in [5.74, 6) is -0.199. The van der Waals surface area contributed by atoms with Crippen LogP contribution in [0.2, 0.25) is 0 Å². The van der Waals surface area contributed by atoms with Crippen LogP contribution in [0.3, 0.4) is 0 Å². The number of hydrogen-bond acceptors (Lipinski definition) is 4. The zero-order valence-corrected chi connectivity index (χ0v) is 14.6. The second-order valence-electron chi connectivity index (χ2n) is 4.10. The van der Waals surface area contributed by atoms with Crippen LogP contribution in [0, 0.1) is 0 Å². The number of rotatable bonds is 8. The maximum Gasteiger partial charge on any atom is 0.240 e. The van der Waals surface area contributed by atoms with Crippen molar-refractivity contribution in [1.82, 2.24) is 10.0 Å². The van der Waals surface area contributed by atoms with Gasteiger partial charge >= 0.3 is 0 Å². The summed E-state index contributed by atoms with van der Waals surface area (Å²) in [6, 6.07) is 6.38. The van der Waals surface area contributed by atoms with E-state index in [2.05, 4.69) is 26.0 Å². The van der Waals surface area contributed by atoms with Gasteiger partial charge in [-0.25, -0.2) is 13.1 Å². The molecule has 1 aromatic rings. The highest BCUT2D eigenvalue weighted by molar-refractivity contribution is 9.10. The van der Waals surface area contributed by atoms with Gasteiger partial charge in [0.2, 0.25) is 15.9 Å². The van der Waals surface area contributed by atoms with Crippen LogP contribution in [0.4, 0.5) is 0 Å². The van der Waals surface area contributed by atoms with Gasteiger partial charge < -0.3 is 11.1 Å². The van der Waals surface area contributed by atoms with Crippen molar-refractivity contribution >= 4 is 44.3 Å². The maximum absolute atomic E-state index is 11.9. The average Bonchev–Trinajstić information content (AvgIpc) is 2.39. The molecule has 9 heteroatoms. The van der Waals surface area contributed by atoms with E-state index in [9.17, 15) is 13.2 Å². The van der Waals surface area contributed by atoms with E-state index >= 15 is 0 Å². The molecule has 0 saturated carbocycles. The Hall–Kier alpha value is -0.670. The van der Waals surface area contributed by atoms with Crippen molar-refractivity contribution < 1.29 is 13.2 Å². The van der Waals surface area contributed by atoms with Crippen LogP contribution in [0.1, 0.15) is 12.8 Å². The summed E-state index contributed by atoms with van der Waals surface area (Å²) in [4.78, 5) is 11.6. The Morgan fingerprint density at radius 1 is 1.29 bits per heavy atom. The van der Waals surface area contributed by atoms with Crippen LogP contribution >= 0.6 is 28.3 Å². The highest BCUT2D eigenvalue weighted by Crippen LogP contribution is 2.15. The first-order chi connectivity index (χ1) is 9.45. The number of hydrogen-bond donors (Lipinski definition) is 3. The van der Waals surface area contributed by atoms with Crippen LogP contribution in [-0.2, 0) is 14.8 Å². The third-order valence-electron chi connectivity index (χ3n) is 2.45. The van der Waals surface area contributed by atoms with E-state index in [0.717, 1.165) is 0 Å². The monoisotopic (exact) mass is 399 g/mol. The first-order valence-corrected chi connectivity index (χ1v) is 8.45. The number of carbonyl (C=O) groups is 1. The van der Waals surface area contributed by atoms with E-state index in [1.165, 1.54) is 12.1 Å². The lowest BCUT2D eigenvalue weighted by atomic mass is 10.4. The molecule has 0 fully saturated rings. The molecule has 0 saturated heterocycles. The van der Waals surface area contributed by atoms with Crippen molar-refractivity contribution in [2.45, 2.75) is 17.7 Å². The molecule has 0 radical (unpaired) electrons. The van der Waals surface area contributed by atoms with Crippen molar-refractivity contribution in [1.29, 1.82) is 0 Å². The summed E-state index contributed by atoms with van der Waals surface area (Å²) in [7, 11) is -3.58. The second kappa shape index (κ2) is 10.1. The molecule has 0 aliphatic rings. The van der Waals surface area contributed by atoms with Crippen molar-refractivity contribution in [3.05, 3.63) is 28.7 Å². The van der Waals surface area contributed by atoms with Gasteiger partial charge in [0, 0.05) is 24.0 Å². The van der Waals surface area contributed by atoms with Gasteiger partial charge in [-0.15, -0.1) is 12.4 Å². The molecule has 0 aromatic heterocycles. The number of nitrogens with two attached hydrogens (primary N) is 1. The van der Waals surface area contributed by atoms with Crippen molar-refractivity contribution in [2.75, 3.05) is 19.6 Å². The summed E-state index contributed by atoms with van der Waals surface area (Å²) in [6.45, 7) is 1.08. The minimum Gasteiger partial charge on any atom is -0.356 e. The normalized spacial score (nSPS) is 10.8. The third-order valence-corrected chi connectivity index (χ3v) is 4.41. The summed E-state index contributed by atoms with van der Waals surface area (Å²) >= 11 is 3.21. The lowest BCUT2D eigenvalue weighted by Crippen LogP contribution is -2.31. The van der Waals surface area contributed by atoms with E-state index in [1.54, 1.807) is 12.1 Å². The summed E-state index contributed by atoms with van der Waals surface area (Å²) in [5, 5.41) is 2.66. The molecule has 0 aliphatic carbocycles. The quantitative estimate of drug-likeness (QED) is 0.567. The largest absolute Gasteiger partial charge is 0.356 e. The van der Waals surface area contributed by atoms with Gasteiger partial charge in [-0.3, -0.25) is 4.79 Å². The summed E-state index contributed by atoms with van der Waals surface area (Å²) in [5.41, 5.74) is 5.30. The molecule has 0 heterocycles. The van der Waals surface area contributed by atoms with Gasteiger partial charge in [0.15, 0.2) is 0 Å². The third kappa shape index (κ3) is 7.77. The molecule has 0 spiro atoms. The number of amides is 1. The van der Waals surface area contributed by atoms with Gasteiger partial charge in [0.1, 0.15) is 0 Å². The Balaban J connectivity index is 0.00000400. The highest BCUT2D eigenvalue weighted by Gasteiger charge is 2.14. The van der Waals surface area contributed by atoms with E-state index in [4.69, 9.17) is 5.73 Å². The minimum absolute atomic E-state index is 0. The summed E-state index contributed by atoms with van der Waals surface area (Å²) in [6.07, 6.45) is 0.799. The zero-order chi connectivity index (χ0) is 15.0. The van der Waals surface area contributed by atoms with Gasteiger partial charge in [-0.2, -0.15) is 0 Å². The SMILES string of the molecule is Cl.NCCCNC(=O)CCNS(=O)(=O)c1cccc(Br)c1. The van der Waals surface area contributed by atoms with Crippen LogP contribution in [0.25, 0.3) is 0 Å². The molecule has 4 N–H and O–H groups in total. The molecule has 1 rings (SSSR count). The highest BCUT2D eigenvalue weighted by atomic mass is 79.9. The van der Waals surface area contributed by atoms with E-state index in [1.807, 2.05) is 0 Å². The van der Waals surface area contributed by atoms with Crippen LogP contribution in [-0.4, -0.2) is 34.0 Å². The smallest absolute Gasteiger partial charge is 0.240 e. The summed E-state index contributed by atoms with van der Waals surface area (Å²) < 4.78 is 27.0. The molecule has 1 amide bonds. The molecule has 0 bridgehead atoms. The van der Waals surface area contributed by atoms with Crippen molar-refractivity contribution in [3.63, 3.8) is 0 Å². The Kier molecular flexibility index (Phi) is 9.80. The molecule has 6 nitrogen and oxygen atoms in total. The number of halogens is 2. The molecular formula is C12H19BrClN3O3S. The average molecular weight is 401 g/mol. The number of benzene rings is 1. The fourth-order valence-electron chi connectivity index (χ4n) is 1.43. The zero-order valence-electron chi connectivity index (χ0n) is 11.3. The molecular weight excluding hydrogens is 382 g/mol. The Morgan fingerprint density at radius 2 is 2.00 bits per heavy atom. The van der Waals surface area contributed by atoms with E-state index in [0.29, 0.717) is 24.0 Å². The number of sulfonamides is 1. The first-order valence-electron chi connectivity index (χ1n) is 6.17. The number of carbonyl (C=O) groups excluding carboxylic acids is 1. The lowest BCUT2D eigenvalue weighted by Gasteiger charge is -2.07. The standard InChI is InChI=1S/C12H18BrN3O3S.ClH/c13-10-3-1-4-11(9-10)20(18,19)16-8-5-12(17)15-7-2-6-14;/h1,3-4,9,16H,2,5-8,14H2,(H,15,17);1H. The molecule has 1 aromatic carbocycles. The molecule has 21 heavy (non-hydrogen) atoms. The topological polar surface area (TPSA) is 101 Å². The van der Waals surface area contributed by atoms with Crippen molar-refractivity contribution in [2.24, 2.45) is 5.73 Å². The van der Waals surface area contributed by atoms with E-state index < -0.39 is 10.0 Å². The van der Waals surface area contributed by atoms with E-state index in [-0.39, 0.29) is 36.2 Å². The Morgan fingerprint density at radius 3 is 2.62 bits per heavy atom. The predicted molar refractivity (Wildman–Crippen MR) is 87.9 cm³/mol. The van der Waals surface area contributed by atoms with Crippen molar-refractivity contribution in [3.8, 4) is 0 Å². The Bertz CT molecular complexity index is 554. The lowest BCUT2D eigenvalue weighted by molar-refractivity contribution is -0.120. The fraction of sp³-hybridized carbons (Fsp3) is 0.417. The molecule has 0 atom stereocenters. The second-order valence-corrected chi connectivity index (χ2v) is 6.78. The molecule has 120 valence electrons. The number of nitrogens with one attached hydrogen (secondary N) is 2. The van der Waals surface area contributed by atoms with Gasteiger partial charge in [-0.05, 0) is 31.2 Å². The maximum atomic E-state index is 11.9. The molecule has 0 aliphatic heterocycles. The van der Waals surface area contributed by atoms with Gasteiger partial charge in [0.25, 0.3) is 0 Å². The fourth-order valence-corrected chi connectivity index (χ4v) is 3.06. The predicted octanol–water partition coefficient (Wildman–Crippen LogP) is 1.00. The van der Waals surface area contributed by atoms with Crippen LogP contribution < -0.4 is 15.8 Å².